The molecule has 1 fully saturated rings. The summed E-state index contributed by atoms with van der Waals surface area (Å²) in [5.41, 5.74) is 0. The molecule has 0 spiro atoms. The van der Waals surface area contributed by atoms with Crippen molar-refractivity contribution in [3.63, 3.8) is 0 Å². The van der Waals surface area contributed by atoms with Crippen LogP contribution in [0.1, 0.15) is 19.2 Å². The van der Waals surface area contributed by atoms with Crippen LogP contribution in [0.5, 0.6) is 0 Å². The minimum absolute atomic E-state index is 0.615. The third-order valence-electron chi connectivity index (χ3n) is 3.15. The summed E-state index contributed by atoms with van der Waals surface area (Å²) in [6, 6.07) is 2.65. The minimum atomic E-state index is 0.615. The number of aromatic nitrogens is 2. The van der Waals surface area contributed by atoms with Crippen LogP contribution in [-0.4, -0.2) is 41.6 Å². The number of hydrogen-bond donors (Lipinski definition) is 1. The van der Waals surface area contributed by atoms with Gasteiger partial charge >= 0.3 is 0 Å². The van der Waals surface area contributed by atoms with E-state index in [4.69, 9.17) is 0 Å². The molecule has 1 saturated heterocycles. The molecule has 0 aromatic carbocycles. The molecule has 0 radical (unpaired) electrons. The van der Waals surface area contributed by atoms with Crippen molar-refractivity contribution in [2.45, 2.75) is 25.8 Å². The number of nitrogens with zero attached hydrogens (tertiary/aromatic N) is 3. The summed E-state index contributed by atoms with van der Waals surface area (Å²) in [6.45, 7) is 2.09. The summed E-state index contributed by atoms with van der Waals surface area (Å²) in [7, 11) is 4.04. The summed E-state index contributed by atoms with van der Waals surface area (Å²) in [5.74, 6) is 5.32. The number of thioether (sulfide) groups is 1. The van der Waals surface area contributed by atoms with Crippen LogP contribution in [-0.2, 0) is 6.42 Å². The topological polar surface area (TPSA) is 41.1 Å². The second kappa shape index (κ2) is 5.58. The average Bonchev–Trinajstić information content (AvgIpc) is 2.91. The lowest BCUT2D eigenvalue weighted by Gasteiger charge is -2.25. The van der Waals surface area contributed by atoms with Gasteiger partial charge in [0.15, 0.2) is 0 Å². The quantitative estimate of drug-likeness (QED) is 0.888. The van der Waals surface area contributed by atoms with E-state index >= 15 is 0 Å². The Hall–Kier alpha value is -0.970. The molecule has 1 aromatic heterocycles. The number of nitrogens with one attached hydrogen (secondary N) is 1. The second-order valence-electron chi connectivity index (χ2n) is 4.26. The van der Waals surface area contributed by atoms with Gasteiger partial charge in [-0.3, -0.25) is 0 Å². The number of hydrogen-bond acceptors (Lipinski definition) is 5. The Morgan fingerprint density at radius 1 is 1.53 bits per heavy atom. The van der Waals surface area contributed by atoms with Crippen molar-refractivity contribution in [3.05, 3.63) is 11.9 Å². The van der Waals surface area contributed by atoms with Crippen molar-refractivity contribution in [2.75, 3.05) is 35.8 Å². The number of aryl methyl sites for hydroxylation is 1. The highest BCUT2D eigenvalue weighted by Crippen LogP contribution is 2.25. The standard InChI is InChI=1S/C12H20N4S/c1-4-10-14-11(13-2)7-12(15-10)16(3)9-5-6-17-8-9/h7,9H,4-6,8H2,1-3H3,(H,13,14,15). The molecule has 1 atom stereocenters. The van der Waals surface area contributed by atoms with Crippen LogP contribution in [0.25, 0.3) is 0 Å². The molecule has 17 heavy (non-hydrogen) atoms. The Bertz CT molecular complexity index is 355. The van der Waals surface area contributed by atoms with Crippen molar-refractivity contribution in [1.82, 2.24) is 9.97 Å². The monoisotopic (exact) mass is 252 g/mol. The first-order valence-electron chi connectivity index (χ1n) is 6.11. The van der Waals surface area contributed by atoms with Gasteiger partial charge in [-0.15, -0.1) is 0 Å². The van der Waals surface area contributed by atoms with Crippen molar-refractivity contribution in [1.29, 1.82) is 0 Å². The molecular weight excluding hydrogens is 232 g/mol. The van der Waals surface area contributed by atoms with Gasteiger partial charge in [-0.1, -0.05) is 6.92 Å². The summed E-state index contributed by atoms with van der Waals surface area (Å²) in [4.78, 5) is 11.3. The maximum Gasteiger partial charge on any atom is 0.134 e. The molecule has 1 N–H and O–H groups in total. The van der Waals surface area contributed by atoms with Crippen molar-refractivity contribution >= 4 is 23.4 Å². The van der Waals surface area contributed by atoms with Crippen LogP contribution >= 0.6 is 11.8 Å². The van der Waals surface area contributed by atoms with Gasteiger partial charge in [-0.25, -0.2) is 9.97 Å². The van der Waals surface area contributed by atoms with Gasteiger partial charge in [0, 0.05) is 38.4 Å². The largest absolute Gasteiger partial charge is 0.373 e. The fraction of sp³-hybridized carbons (Fsp3) is 0.667. The van der Waals surface area contributed by atoms with E-state index < -0.39 is 0 Å². The maximum atomic E-state index is 4.61. The van der Waals surface area contributed by atoms with E-state index in [-0.39, 0.29) is 0 Å². The lowest BCUT2D eigenvalue weighted by atomic mass is 10.2. The van der Waals surface area contributed by atoms with Gasteiger partial charge < -0.3 is 10.2 Å². The van der Waals surface area contributed by atoms with Crippen LogP contribution in [0.15, 0.2) is 6.07 Å². The van der Waals surface area contributed by atoms with E-state index in [9.17, 15) is 0 Å². The van der Waals surface area contributed by atoms with Crippen molar-refractivity contribution in [3.8, 4) is 0 Å². The smallest absolute Gasteiger partial charge is 0.134 e. The number of anilines is 2. The Morgan fingerprint density at radius 2 is 2.35 bits per heavy atom. The van der Waals surface area contributed by atoms with E-state index in [1.807, 2.05) is 24.9 Å². The lowest BCUT2D eigenvalue weighted by Crippen LogP contribution is -2.32. The Morgan fingerprint density at radius 3 is 2.94 bits per heavy atom. The molecule has 0 saturated carbocycles. The molecule has 2 heterocycles. The van der Waals surface area contributed by atoms with Gasteiger partial charge in [0.2, 0.25) is 0 Å². The van der Waals surface area contributed by atoms with Crippen LogP contribution in [0.2, 0.25) is 0 Å². The SMILES string of the molecule is CCc1nc(NC)cc(N(C)C2CCSC2)n1. The van der Waals surface area contributed by atoms with Gasteiger partial charge in [-0.05, 0) is 12.2 Å². The lowest BCUT2D eigenvalue weighted by molar-refractivity contribution is 0.687. The Kier molecular flexibility index (Phi) is 4.10. The minimum Gasteiger partial charge on any atom is -0.373 e. The summed E-state index contributed by atoms with van der Waals surface area (Å²) < 4.78 is 0. The predicted molar refractivity (Wildman–Crippen MR) is 75.1 cm³/mol. The molecule has 1 aromatic rings. The zero-order valence-corrected chi connectivity index (χ0v) is 11.5. The second-order valence-corrected chi connectivity index (χ2v) is 5.41. The highest BCUT2D eigenvalue weighted by molar-refractivity contribution is 7.99. The molecule has 0 amide bonds. The van der Waals surface area contributed by atoms with E-state index in [1.54, 1.807) is 0 Å². The molecule has 94 valence electrons. The van der Waals surface area contributed by atoms with E-state index in [0.29, 0.717) is 6.04 Å². The average molecular weight is 252 g/mol. The Labute approximate surface area is 107 Å². The molecule has 1 aliphatic rings. The summed E-state index contributed by atoms with van der Waals surface area (Å²) in [6.07, 6.45) is 2.12. The first-order chi connectivity index (χ1) is 8.24. The van der Waals surface area contributed by atoms with E-state index in [0.717, 1.165) is 23.9 Å². The van der Waals surface area contributed by atoms with Gasteiger partial charge in [-0.2, -0.15) is 11.8 Å². The highest BCUT2D eigenvalue weighted by Gasteiger charge is 2.21. The van der Waals surface area contributed by atoms with Crippen LogP contribution < -0.4 is 10.2 Å². The van der Waals surface area contributed by atoms with Crippen LogP contribution in [0.4, 0.5) is 11.6 Å². The molecule has 0 bridgehead atoms. The molecule has 4 nitrogen and oxygen atoms in total. The number of rotatable bonds is 4. The van der Waals surface area contributed by atoms with Crippen molar-refractivity contribution < 1.29 is 0 Å². The first kappa shape index (κ1) is 12.5. The third-order valence-corrected chi connectivity index (χ3v) is 4.29. The van der Waals surface area contributed by atoms with E-state index in [2.05, 4.69) is 34.2 Å². The summed E-state index contributed by atoms with van der Waals surface area (Å²) >= 11 is 2.02. The molecular formula is C12H20N4S. The maximum absolute atomic E-state index is 4.61. The summed E-state index contributed by atoms with van der Waals surface area (Å²) in [5, 5.41) is 3.10. The Balaban J connectivity index is 2.23. The third kappa shape index (κ3) is 2.83. The first-order valence-corrected chi connectivity index (χ1v) is 7.26. The molecule has 0 aliphatic carbocycles. The fourth-order valence-electron chi connectivity index (χ4n) is 1.96. The molecule has 5 heteroatoms. The van der Waals surface area contributed by atoms with Crippen molar-refractivity contribution in [2.24, 2.45) is 0 Å². The van der Waals surface area contributed by atoms with Gasteiger partial charge in [0.1, 0.15) is 17.5 Å². The molecule has 2 rings (SSSR count). The fourth-order valence-corrected chi connectivity index (χ4v) is 3.23. The van der Waals surface area contributed by atoms with Gasteiger partial charge in [0.25, 0.3) is 0 Å². The zero-order chi connectivity index (χ0) is 12.3. The normalized spacial score (nSPS) is 19.4. The van der Waals surface area contributed by atoms with Crippen LogP contribution in [0, 0.1) is 0 Å². The van der Waals surface area contributed by atoms with Gasteiger partial charge in [0.05, 0.1) is 0 Å². The predicted octanol–water partition coefficient (Wildman–Crippen LogP) is 2.02. The zero-order valence-electron chi connectivity index (χ0n) is 10.7. The van der Waals surface area contributed by atoms with Crippen LogP contribution in [0.3, 0.4) is 0 Å². The van der Waals surface area contributed by atoms with E-state index in [1.165, 1.54) is 17.9 Å². The molecule has 1 unspecified atom stereocenters. The highest BCUT2D eigenvalue weighted by atomic mass is 32.2. The molecule has 1 aliphatic heterocycles.